The minimum absolute atomic E-state index is 0.339. The van der Waals surface area contributed by atoms with Crippen molar-refractivity contribution < 1.29 is 9.84 Å². The van der Waals surface area contributed by atoms with Crippen LogP contribution in [0.2, 0.25) is 10.0 Å². The summed E-state index contributed by atoms with van der Waals surface area (Å²) >= 11 is 11.8. The van der Waals surface area contributed by atoms with E-state index in [1.807, 2.05) is 0 Å². The van der Waals surface area contributed by atoms with Crippen LogP contribution in [0.3, 0.4) is 0 Å². The molecule has 1 aromatic carbocycles. The van der Waals surface area contributed by atoms with Gasteiger partial charge in [0, 0.05) is 6.20 Å². The highest BCUT2D eigenvalue weighted by Crippen LogP contribution is 2.29. The van der Waals surface area contributed by atoms with Gasteiger partial charge in [0.2, 0.25) is 0 Å². The number of aliphatic hydroxyl groups is 1. The van der Waals surface area contributed by atoms with Gasteiger partial charge >= 0.3 is 0 Å². The number of benzene rings is 1. The predicted octanol–water partition coefficient (Wildman–Crippen LogP) is 3.48. The molecule has 0 fully saturated rings. The van der Waals surface area contributed by atoms with E-state index in [9.17, 15) is 5.11 Å². The van der Waals surface area contributed by atoms with Gasteiger partial charge < -0.3 is 9.84 Å². The van der Waals surface area contributed by atoms with Gasteiger partial charge in [-0.2, -0.15) is 0 Å². The van der Waals surface area contributed by atoms with Crippen molar-refractivity contribution in [3.63, 3.8) is 0 Å². The van der Waals surface area contributed by atoms with Gasteiger partial charge in [0.25, 0.3) is 0 Å². The van der Waals surface area contributed by atoms with Gasteiger partial charge in [-0.15, -0.1) is 0 Å². The summed E-state index contributed by atoms with van der Waals surface area (Å²) in [6, 6.07) is 8.61. The fourth-order valence-corrected chi connectivity index (χ4v) is 2.05. The summed E-state index contributed by atoms with van der Waals surface area (Å²) in [5, 5.41) is 11.0. The fraction of sp³-hybridized carbons (Fsp3) is 0.154. The Labute approximate surface area is 115 Å². The summed E-state index contributed by atoms with van der Waals surface area (Å²) in [6.45, 7) is 0. The van der Waals surface area contributed by atoms with Crippen LogP contribution in [0.5, 0.6) is 5.75 Å². The lowest BCUT2D eigenvalue weighted by atomic mass is 10.1. The zero-order chi connectivity index (χ0) is 13.1. The van der Waals surface area contributed by atoms with Crippen molar-refractivity contribution >= 4 is 23.2 Å². The van der Waals surface area contributed by atoms with E-state index in [2.05, 4.69) is 4.98 Å². The van der Waals surface area contributed by atoms with E-state index in [0.717, 1.165) is 5.75 Å². The first-order chi connectivity index (χ1) is 8.61. The molecular formula is C13H11Cl2NO2. The van der Waals surface area contributed by atoms with Crippen LogP contribution in [0.25, 0.3) is 0 Å². The topological polar surface area (TPSA) is 42.4 Å². The van der Waals surface area contributed by atoms with Crippen molar-refractivity contribution in [3.8, 4) is 5.75 Å². The van der Waals surface area contributed by atoms with Gasteiger partial charge in [0.05, 0.1) is 22.8 Å². The largest absolute Gasteiger partial charge is 0.497 e. The fourth-order valence-electron chi connectivity index (χ4n) is 1.57. The van der Waals surface area contributed by atoms with Crippen molar-refractivity contribution in [1.29, 1.82) is 0 Å². The molecule has 5 heteroatoms. The molecular weight excluding hydrogens is 273 g/mol. The molecule has 0 spiro atoms. The Morgan fingerprint density at radius 3 is 2.44 bits per heavy atom. The molecule has 2 rings (SSSR count). The van der Waals surface area contributed by atoms with Crippen molar-refractivity contribution in [2.24, 2.45) is 0 Å². The molecule has 1 atom stereocenters. The average Bonchev–Trinajstić information content (AvgIpc) is 2.38. The Bertz CT molecular complexity index is 543. The zero-order valence-corrected chi connectivity index (χ0v) is 11.1. The number of nitrogens with zero attached hydrogens (tertiary/aromatic N) is 1. The number of pyridine rings is 1. The SMILES string of the molecule is COc1ccc(C(O)c2ncc(Cl)cc2Cl)cc1. The Morgan fingerprint density at radius 1 is 1.22 bits per heavy atom. The molecule has 0 amide bonds. The summed E-state index contributed by atoms with van der Waals surface area (Å²) in [4.78, 5) is 4.05. The Hall–Kier alpha value is -1.29. The molecule has 0 saturated heterocycles. The highest BCUT2D eigenvalue weighted by atomic mass is 35.5. The summed E-state index contributed by atoms with van der Waals surface area (Å²) < 4.78 is 5.05. The van der Waals surface area contributed by atoms with Gasteiger partial charge in [0.15, 0.2) is 0 Å². The van der Waals surface area contributed by atoms with Crippen LogP contribution in [0, 0.1) is 0 Å². The first kappa shape index (κ1) is 13.1. The van der Waals surface area contributed by atoms with Crippen LogP contribution in [-0.2, 0) is 0 Å². The van der Waals surface area contributed by atoms with Crippen LogP contribution >= 0.6 is 23.2 Å². The van der Waals surface area contributed by atoms with Gasteiger partial charge in [0.1, 0.15) is 11.9 Å². The summed E-state index contributed by atoms with van der Waals surface area (Å²) in [6.07, 6.45) is 0.566. The molecule has 0 bridgehead atoms. The van der Waals surface area contributed by atoms with Crippen LogP contribution < -0.4 is 4.74 Å². The van der Waals surface area contributed by atoms with Crippen molar-refractivity contribution in [3.05, 3.63) is 57.8 Å². The Morgan fingerprint density at radius 2 is 1.89 bits per heavy atom. The summed E-state index contributed by atoms with van der Waals surface area (Å²) in [7, 11) is 1.59. The maximum atomic E-state index is 10.2. The second-order valence-corrected chi connectivity index (χ2v) is 4.54. The molecule has 2 aromatic rings. The molecule has 0 aliphatic carbocycles. The average molecular weight is 284 g/mol. The quantitative estimate of drug-likeness (QED) is 0.938. The normalized spacial score (nSPS) is 12.2. The Balaban J connectivity index is 2.31. The highest BCUT2D eigenvalue weighted by Gasteiger charge is 2.15. The van der Waals surface area contributed by atoms with Crippen molar-refractivity contribution in [2.75, 3.05) is 7.11 Å². The molecule has 0 saturated carbocycles. The maximum absolute atomic E-state index is 10.2. The summed E-state index contributed by atoms with van der Waals surface area (Å²) in [5.74, 6) is 0.723. The molecule has 18 heavy (non-hydrogen) atoms. The monoisotopic (exact) mass is 283 g/mol. The standard InChI is InChI=1S/C13H11Cl2NO2/c1-18-10-4-2-8(3-5-10)13(17)12-11(15)6-9(14)7-16-12/h2-7,13,17H,1H3. The first-order valence-corrected chi connectivity index (χ1v) is 6.00. The molecule has 1 heterocycles. The third-order valence-electron chi connectivity index (χ3n) is 2.53. The third kappa shape index (κ3) is 2.75. The van der Waals surface area contributed by atoms with Gasteiger partial charge in [-0.05, 0) is 23.8 Å². The maximum Gasteiger partial charge on any atom is 0.122 e. The molecule has 1 unspecified atom stereocenters. The molecule has 0 aliphatic heterocycles. The first-order valence-electron chi connectivity index (χ1n) is 5.25. The minimum atomic E-state index is -0.888. The van der Waals surface area contributed by atoms with E-state index in [0.29, 0.717) is 21.3 Å². The minimum Gasteiger partial charge on any atom is -0.497 e. The van der Waals surface area contributed by atoms with E-state index >= 15 is 0 Å². The second kappa shape index (κ2) is 5.57. The number of hydrogen-bond acceptors (Lipinski definition) is 3. The lowest BCUT2D eigenvalue weighted by Crippen LogP contribution is -2.03. The molecule has 94 valence electrons. The molecule has 0 aliphatic rings. The van der Waals surface area contributed by atoms with E-state index in [1.54, 1.807) is 37.4 Å². The molecule has 1 aromatic heterocycles. The number of rotatable bonds is 3. The smallest absolute Gasteiger partial charge is 0.122 e. The second-order valence-electron chi connectivity index (χ2n) is 3.70. The van der Waals surface area contributed by atoms with E-state index < -0.39 is 6.10 Å². The lowest BCUT2D eigenvalue weighted by Gasteiger charge is -2.12. The van der Waals surface area contributed by atoms with E-state index in [-0.39, 0.29) is 0 Å². The number of halogens is 2. The van der Waals surface area contributed by atoms with Gasteiger partial charge in [-0.1, -0.05) is 35.3 Å². The van der Waals surface area contributed by atoms with Crippen LogP contribution in [0.1, 0.15) is 17.4 Å². The van der Waals surface area contributed by atoms with E-state index in [1.165, 1.54) is 6.20 Å². The van der Waals surface area contributed by atoms with Gasteiger partial charge in [-0.25, -0.2) is 0 Å². The number of hydrogen-bond donors (Lipinski definition) is 1. The van der Waals surface area contributed by atoms with Gasteiger partial charge in [-0.3, -0.25) is 4.98 Å². The third-order valence-corrected chi connectivity index (χ3v) is 3.04. The van der Waals surface area contributed by atoms with Crippen molar-refractivity contribution in [2.45, 2.75) is 6.10 Å². The molecule has 3 nitrogen and oxygen atoms in total. The summed E-state index contributed by atoms with van der Waals surface area (Å²) in [5.41, 5.74) is 1.07. The number of aromatic nitrogens is 1. The zero-order valence-electron chi connectivity index (χ0n) is 9.60. The number of aliphatic hydroxyl groups excluding tert-OH is 1. The van der Waals surface area contributed by atoms with Crippen LogP contribution in [0.4, 0.5) is 0 Å². The van der Waals surface area contributed by atoms with Crippen LogP contribution in [0.15, 0.2) is 36.5 Å². The molecule has 0 radical (unpaired) electrons. The Kier molecular flexibility index (Phi) is 4.07. The highest BCUT2D eigenvalue weighted by molar-refractivity contribution is 6.34. The molecule has 1 N–H and O–H groups in total. The van der Waals surface area contributed by atoms with E-state index in [4.69, 9.17) is 27.9 Å². The number of ether oxygens (including phenoxy) is 1. The number of methoxy groups -OCH3 is 1. The van der Waals surface area contributed by atoms with Crippen LogP contribution in [-0.4, -0.2) is 17.2 Å². The lowest BCUT2D eigenvalue weighted by molar-refractivity contribution is 0.215. The predicted molar refractivity (Wildman–Crippen MR) is 71.3 cm³/mol. The van der Waals surface area contributed by atoms with Crippen molar-refractivity contribution in [1.82, 2.24) is 4.98 Å².